The number of aromatic nitrogens is 1. The normalized spacial score (nSPS) is 15.9. The molecule has 3 rings (SSSR count). The fourth-order valence-corrected chi connectivity index (χ4v) is 3.37. The highest BCUT2D eigenvalue weighted by Gasteiger charge is 2.23. The Morgan fingerprint density at radius 1 is 1.30 bits per heavy atom. The van der Waals surface area contributed by atoms with Crippen molar-refractivity contribution < 1.29 is 9.53 Å². The molecule has 0 unspecified atom stereocenters. The lowest BCUT2D eigenvalue weighted by atomic mass is 9.96. The van der Waals surface area contributed by atoms with Gasteiger partial charge < -0.3 is 9.64 Å². The van der Waals surface area contributed by atoms with Gasteiger partial charge in [0.1, 0.15) is 0 Å². The standard InChI is InChI=1S/C19H24N2O2/c1-13-8-10-21(11-9-13)19-15-6-4-5-7-17(15)20-14(2)16(19)12-18(22)23-3/h4-7,13H,8-12H2,1-3H3. The maximum absolute atomic E-state index is 11.9. The summed E-state index contributed by atoms with van der Waals surface area (Å²) in [5, 5.41) is 1.13. The van der Waals surface area contributed by atoms with Crippen LogP contribution in [0.4, 0.5) is 5.69 Å². The molecule has 2 aromatic rings. The van der Waals surface area contributed by atoms with E-state index in [1.54, 1.807) is 0 Å². The molecular formula is C19H24N2O2. The van der Waals surface area contributed by atoms with E-state index in [0.717, 1.165) is 41.2 Å². The van der Waals surface area contributed by atoms with Crippen LogP contribution in [0, 0.1) is 12.8 Å². The molecule has 0 aliphatic carbocycles. The van der Waals surface area contributed by atoms with Gasteiger partial charge in [-0.25, -0.2) is 0 Å². The SMILES string of the molecule is COC(=O)Cc1c(C)nc2ccccc2c1N1CCC(C)CC1. The van der Waals surface area contributed by atoms with E-state index in [2.05, 4.69) is 17.9 Å². The van der Waals surface area contributed by atoms with Crippen molar-refractivity contribution in [2.45, 2.75) is 33.1 Å². The highest BCUT2D eigenvalue weighted by Crippen LogP contribution is 2.34. The quantitative estimate of drug-likeness (QED) is 0.814. The van der Waals surface area contributed by atoms with Gasteiger partial charge in [-0.15, -0.1) is 0 Å². The number of anilines is 1. The third-order valence-corrected chi connectivity index (χ3v) is 4.82. The Labute approximate surface area is 137 Å². The minimum atomic E-state index is -0.211. The molecule has 0 radical (unpaired) electrons. The predicted molar refractivity (Wildman–Crippen MR) is 92.8 cm³/mol. The molecule has 1 aliphatic rings. The molecule has 0 saturated carbocycles. The third kappa shape index (κ3) is 3.16. The van der Waals surface area contributed by atoms with Crippen molar-refractivity contribution >= 4 is 22.6 Å². The van der Waals surface area contributed by atoms with E-state index >= 15 is 0 Å². The van der Waals surface area contributed by atoms with Gasteiger partial charge in [0.2, 0.25) is 0 Å². The van der Waals surface area contributed by atoms with E-state index in [9.17, 15) is 4.79 Å². The highest BCUT2D eigenvalue weighted by molar-refractivity contribution is 5.95. The largest absolute Gasteiger partial charge is 0.469 e. The van der Waals surface area contributed by atoms with Crippen molar-refractivity contribution in [2.24, 2.45) is 5.92 Å². The van der Waals surface area contributed by atoms with Gasteiger partial charge in [0.25, 0.3) is 0 Å². The molecule has 0 spiro atoms. The molecule has 1 fully saturated rings. The van der Waals surface area contributed by atoms with Crippen LogP contribution in [0.25, 0.3) is 10.9 Å². The fraction of sp³-hybridized carbons (Fsp3) is 0.474. The number of esters is 1. The van der Waals surface area contributed by atoms with Crippen LogP contribution < -0.4 is 4.90 Å². The van der Waals surface area contributed by atoms with Crippen LogP contribution in [-0.2, 0) is 16.0 Å². The Bertz CT molecular complexity index is 719. The lowest BCUT2D eigenvalue weighted by Crippen LogP contribution is -2.34. The zero-order chi connectivity index (χ0) is 16.4. The molecule has 4 heteroatoms. The molecule has 1 aliphatic heterocycles. The minimum absolute atomic E-state index is 0.211. The van der Waals surface area contributed by atoms with Crippen molar-refractivity contribution in [3.8, 4) is 0 Å². The van der Waals surface area contributed by atoms with Gasteiger partial charge in [0.05, 0.1) is 24.7 Å². The van der Waals surface area contributed by atoms with E-state index < -0.39 is 0 Å². The van der Waals surface area contributed by atoms with Crippen molar-refractivity contribution in [1.29, 1.82) is 0 Å². The van der Waals surface area contributed by atoms with E-state index in [1.165, 1.54) is 25.6 Å². The number of piperidine rings is 1. The first kappa shape index (κ1) is 15.8. The summed E-state index contributed by atoms with van der Waals surface area (Å²) in [5.74, 6) is 0.557. The van der Waals surface area contributed by atoms with Crippen molar-refractivity contribution in [3.63, 3.8) is 0 Å². The molecule has 1 aromatic carbocycles. The van der Waals surface area contributed by atoms with Gasteiger partial charge in [-0.2, -0.15) is 0 Å². The zero-order valence-electron chi connectivity index (χ0n) is 14.1. The zero-order valence-corrected chi connectivity index (χ0v) is 14.1. The molecule has 2 heterocycles. The second-order valence-corrected chi connectivity index (χ2v) is 6.46. The summed E-state index contributed by atoms with van der Waals surface area (Å²) in [6.45, 7) is 6.36. The van der Waals surface area contributed by atoms with Crippen molar-refractivity contribution in [1.82, 2.24) is 4.98 Å². The van der Waals surface area contributed by atoms with E-state index in [4.69, 9.17) is 9.72 Å². The molecular weight excluding hydrogens is 288 g/mol. The lowest BCUT2D eigenvalue weighted by molar-refractivity contribution is -0.139. The van der Waals surface area contributed by atoms with Crippen LogP contribution in [0.1, 0.15) is 31.0 Å². The average molecular weight is 312 g/mol. The van der Waals surface area contributed by atoms with Crippen LogP contribution in [0.2, 0.25) is 0 Å². The molecule has 4 nitrogen and oxygen atoms in total. The summed E-state index contributed by atoms with van der Waals surface area (Å²) in [6.07, 6.45) is 2.66. The number of hydrogen-bond acceptors (Lipinski definition) is 4. The molecule has 0 bridgehead atoms. The monoisotopic (exact) mass is 312 g/mol. The van der Waals surface area contributed by atoms with Gasteiger partial charge in [-0.05, 0) is 31.7 Å². The van der Waals surface area contributed by atoms with E-state index in [1.807, 2.05) is 25.1 Å². The van der Waals surface area contributed by atoms with Crippen LogP contribution >= 0.6 is 0 Å². The van der Waals surface area contributed by atoms with Crippen LogP contribution in [0.15, 0.2) is 24.3 Å². The molecule has 122 valence electrons. The first-order valence-corrected chi connectivity index (χ1v) is 8.30. The number of hydrogen-bond donors (Lipinski definition) is 0. The van der Waals surface area contributed by atoms with Gasteiger partial charge >= 0.3 is 5.97 Å². The van der Waals surface area contributed by atoms with Gasteiger partial charge in [-0.3, -0.25) is 9.78 Å². The summed E-state index contributed by atoms with van der Waals surface area (Å²) in [7, 11) is 1.44. The fourth-order valence-electron chi connectivity index (χ4n) is 3.37. The number of carbonyl (C=O) groups excluding carboxylic acids is 1. The number of rotatable bonds is 3. The molecule has 0 atom stereocenters. The van der Waals surface area contributed by atoms with Crippen LogP contribution in [-0.4, -0.2) is 31.2 Å². The second kappa shape index (κ2) is 6.57. The second-order valence-electron chi connectivity index (χ2n) is 6.46. The Balaban J connectivity index is 2.13. The summed E-state index contributed by atoms with van der Waals surface area (Å²) in [6, 6.07) is 8.20. The molecule has 0 N–H and O–H groups in total. The average Bonchev–Trinajstić information content (AvgIpc) is 2.56. The number of para-hydroxylation sites is 1. The smallest absolute Gasteiger partial charge is 0.310 e. The van der Waals surface area contributed by atoms with E-state index in [-0.39, 0.29) is 12.4 Å². The number of pyridine rings is 1. The Kier molecular flexibility index (Phi) is 4.51. The van der Waals surface area contributed by atoms with Gasteiger partial charge in [-0.1, -0.05) is 25.1 Å². The number of carbonyl (C=O) groups is 1. The number of fused-ring (bicyclic) bond motifs is 1. The summed E-state index contributed by atoms with van der Waals surface area (Å²) in [5.41, 5.74) is 4.09. The van der Waals surface area contributed by atoms with Gasteiger partial charge in [0, 0.05) is 29.7 Å². The highest BCUT2D eigenvalue weighted by atomic mass is 16.5. The number of benzene rings is 1. The lowest BCUT2D eigenvalue weighted by Gasteiger charge is -2.34. The molecule has 23 heavy (non-hydrogen) atoms. The number of ether oxygens (including phenoxy) is 1. The summed E-state index contributed by atoms with van der Waals surface area (Å²) < 4.78 is 4.90. The minimum Gasteiger partial charge on any atom is -0.469 e. The Morgan fingerprint density at radius 3 is 2.70 bits per heavy atom. The number of nitrogens with zero attached hydrogens (tertiary/aromatic N) is 2. The van der Waals surface area contributed by atoms with Crippen LogP contribution in [0.3, 0.4) is 0 Å². The van der Waals surface area contributed by atoms with Crippen LogP contribution in [0.5, 0.6) is 0 Å². The number of aryl methyl sites for hydroxylation is 1. The summed E-state index contributed by atoms with van der Waals surface area (Å²) >= 11 is 0. The molecule has 1 aromatic heterocycles. The topological polar surface area (TPSA) is 42.4 Å². The first-order chi connectivity index (χ1) is 11.1. The van der Waals surface area contributed by atoms with Gasteiger partial charge in [0.15, 0.2) is 0 Å². The summed E-state index contributed by atoms with van der Waals surface area (Å²) in [4.78, 5) is 19.0. The molecule has 1 saturated heterocycles. The Hall–Kier alpha value is -2.10. The van der Waals surface area contributed by atoms with Crippen molar-refractivity contribution in [3.05, 3.63) is 35.5 Å². The maximum atomic E-state index is 11.9. The third-order valence-electron chi connectivity index (χ3n) is 4.82. The maximum Gasteiger partial charge on any atom is 0.310 e. The Morgan fingerprint density at radius 2 is 2.00 bits per heavy atom. The molecule has 0 amide bonds. The van der Waals surface area contributed by atoms with Crippen molar-refractivity contribution in [2.75, 3.05) is 25.1 Å². The number of methoxy groups -OCH3 is 1. The first-order valence-electron chi connectivity index (χ1n) is 8.30. The predicted octanol–water partition coefficient (Wildman–Crippen LogP) is 3.50. The van der Waals surface area contributed by atoms with E-state index in [0.29, 0.717) is 0 Å².